The van der Waals surface area contributed by atoms with E-state index in [-0.39, 0.29) is 34.7 Å². The van der Waals surface area contributed by atoms with E-state index in [1.165, 1.54) is 16.8 Å². The molecule has 0 aliphatic rings. The monoisotopic (exact) mass is 455 g/mol. The Morgan fingerprint density at radius 3 is 2.59 bits per heavy atom. The van der Waals surface area contributed by atoms with Gasteiger partial charge in [-0.1, -0.05) is 18.2 Å². The van der Waals surface area contributed by atoms with E-state index < -0.39 is 0 Å². The maximum Gasteiger partial charge on any atom is 0.259 e. The fourth-order valence-corrected chi connectivity index (χ4v) is 4.12. The summed E-state index contributed by atoms with van der Waals surface area (Å²) in [4.78, 5) is 33.7. The van der Waals surface area contributed by atoms with E-state index in [9.17, 15) is 14.9 Å². The Hall–Kier alpha value is -4.45. The van der Waals surface area contributed by atoms with Gasteiger partial charge in [-0.25, -0.2) is 4.98 Å². The lowest BCUT2D eigenvalue weighted by Crippen LogP contribution is -2.29. The summed E-state index contributed by atoms with van der Waals surface area (Å²) >= 11 is 0. The van der Waals surface area contributed by atoms with E-state index in [2.05, 4.69) is 21.4 Å². The zero-order chi connectivity index (χ0) is 24.6. The molecule has 9 heteroatoms. The van der Waals surface area contributed by atoms with Gasteiger partial charge < -0.3 is 20.2 Å². The van der Waals surface area contributed by atoms with E-state index in [1.807, 2.05) is 45.0 Å². The maximum atomic E-state index is 13.8. The van der Waals surface area contributed by atoms with Gasteiger partial charge in [-0.15, -0.1) is 0 Å². The van der Waals surface area contributed by atoms with Gasteiger partial charge in [-0.2, -0.15) is 10.2 Å². The number of nitrogen functional groups attached to an aromatic ring is 1. The number of nitrogens with two attached hydrogens (primary N) is 1. The largest absolute Gasteiger partial charge is 0.368 e. The Kier molecular flexibility index (Phi) is 5.90. The Morgan fingerprint density at radius 1 is 1.15 bits per heavy atom. The first-order chi connectivity index (χ1) is 16.2. The highest BCUT2D eigenvalue weighted by Crippen LogP contribution is 2.30. The number of pyridine rings is 2. The maximum absolute atomic E-state index is 13.8. The molecule has 34 heavy (non-hydrogen) atoms. The van der Waals surface area contributed by atoms with Gasteiger partial charge in [0.15, 0.2) is 0 Å². The molecular weight excluding hydrogens is 430 g/mol. The Balaban J connectivity index is 1.91. The molecular formula is C25H25N7O2. The molecule has 4 rings (SSSR count). The van der Waals surface area contributed by atoms with Gasteiger partial charge in [0.05, 0.1) is 17.6 Å². The molecule has 0 aliphatic heterocycles. The average Bonchev–Trinajstić information content (AvgIpc) is 2.80. The van der Waals surface area contributed by atoms with Crippen molar-refractivity contribution in [3.63, 3.8) is 0 Å². The van der Waals surface area contributed by atoms with Crippen LogP contribution in [0, 0.1) is 11.3 Å². The lowest BCUT2D eigenvalue weighted by atomic mass is 9.98. The summed E-state index contributed by atoms with van der Waals surface area (Å²) in [7, 11) is 1.68. The number of aryl methyl sites for hydroxylation is 1. The predicted molar refractivity (Wildman–Crippen MR) is 132 cm³/mol. The van der Waals surface area contributed by atoms with Crippen molar-refractivity contribution >= 4 is 22.5 Å². The molecule has 3 heterocycles. The van der Waals surface area contributed by atoms with Gasteiger partial charge in [0.1, 0.15) is 17.5 Å². The summed E-state index contributed by atoms with van der Waals surface area (Å²) in [5.41, 5.74) is 8.01. The van der Waals surface area contributed by atoms with Crippen LogP contribution in [-0.2, 0) is 7.05 Å². The first kappa shape index (κ1) is 22.7. The quantitative estimate of drug-likeness (QED) is 0.471. The number of nitrogens with zero attached hydrogens (tertiary/aromatic N) is 5. The van der Waals surface area contributed by atoms with Crippen LogP contribution in [0.1, 0.15) is 44.1 Å². The molecule has 0 fully saturated rings. The Morgan fingerprint density at radius 2 is 1.91 bits per heavy atom. The Bertz CT molecular complexity index is 1560. The van der Waals surface area contributed by atoms with Crippen molar-refractivity contribution in [1.82, 2.24) is 19.1 Å². The van der Waals surface area contributed by atoms with Gasteiger partial charge in [-0.3, -0.25) is 9.59 Å². The minimum absolute atomic E-state index is 0.0513. The minimum Gasteiger partial charge on any atom is -0.368 e. The molecule has 3 aromatic heterocycles. The summed E-state index contributed by atoms with van der Waals surface area (Å²) in [6.45, 7) is 5.79. The number of nitriles is 1. The number of nitrogens with one attached hydrogen (secondary N) is 1. The van der Waals surface area contributed by atoms with Crippen molar-refractivity contribution in [2.24, 2.45) is 7.05 Å². The molecule has 0 amide bonds. The number of benzene rings is 1. The molecule has 1 unspecified atom stereocenters. The average molecular weight is 456 g/mol. The summed E-state index contributed by atoms with van der Waals surface area (Å²) in [5.74, 6) is 0.361. The molecule has 0 aliphatic carbocycles. The van der Waals surface area contributed by atoms with Crippen LogP contribution >= 0.6 is 0 Å². The number of hydrogen-bond donors (Lipinski definition) is 2. The zero-order valence-electron chi connectivity index (χ0n) is 19.4. The van der Waals surface area contributed by atoms with Crippen LogP contribution in [0.5, 0.6) is 0 Å². The third kappa shape index (κ3) is 4.01. The van der Waals surface area contributed by atoms with Crippen LogP contribution in [0.3, 0.4) is 0 Å². The Labute approximate surface area is 196 Å². The molecule has 0 bridgehead atoms. The van der Waals surface area contributed by atoms with Gasteiger partial charge >= 0.3 is 0 Å². The molecule has 1 aromatic carbocycles. The van der Waals surface area contributed by atoms with Crippen LogP contribution < -0.4 is 22.2 Å². The second-order valence-electron chi connectivity index (χ2n) is 8.44. The first-order valence-corrected chi connectivity index (χ1v) is 10.9. The molecule has 0 spiro atoms. The van der Waals surface area contributed by atoms with Crippen molar-refractivity contribution in [3.8, 4) is 17.2 Å². The van der Waals surface area contributed by atoms with E-state index in [4.69, 9.17) is 5.73 Å². The number of rotatable bonds is 5. The van der Waals surface area contributed by atoms with Crippen LogP contribution in [-0.4, -0.2) is 19.1 Å². The lowest BCUT2D eigenvalue weighted by Gasteiger charge is -2.24. The number of aromatic nitrogens is 4. The molecule has 9 nitrogen and oxygen atoms in total. The second kappa shape index (κ2) is 8.83. The second-order valence-corrected chi connectivity index (χ2v) is 8.44. The summed E-state index contributed by atoms with van der Waals surface area (Å²) < 4.78 is 3.23. The SMILES string of the molecule is CC(Nc1nc(N)ncc1C#N)c1cc2cccc(-c3ccc(=O)n(C)c3)c2c(=O)n1C(C)C. The van der Waals surface area contributed by atoms with E-state index in [0.29, 0.717) is 11.2 Å². The van der Waals surface area contributed by atoms with Crippen molar-refractivity contribution in [3.05, 3.63) is 80.8 Å². The van der Waals surface area contributed by atoms with E-state index >= 15 is 0 Å². The number of hydrogen-bond acceptors (Lipinski definition) is 7. The van der Waals surface area contributed by atoms with Gasteiger partial charge in [0, 0.05) is 31.0 Å². The summed E-state index contributed by atoms with van der Waals surface area (Å²) in [6, 6.07) is 12.4. The minimum atomic E-state index is -0.359. The highest BCUT2D eigenvalue weighted by atomic mass is 16.1. The van der Waals surface area contributed by atoms with E-state index in [1.54, 1.807) is 23.9 Å². The van der Waals surface area contributed by atoms with Crippen molar-refractivity contribution in [2.45, 2.75) is 32.9 Å². The molecule has 0 saturated heterocycles. The lowest BCUT2D eigenvalue weighted by molar-refractivity contribution is 0.541. The molecule has 3 N–H and O–H groups in total. The zero-order valence-corrected chi connectivity index (χ0v) is 19.4. The van der Waals surface area contributed by atoms with Crippen LogP contribution in [0.4, 0.5) is 11.8 Å². The molecule has 4 aromatic rings. The first-order valence-electron chi connectivity index (χ1n) is 10.9. The van der Waals surface area contributed by atoms with Crippen molar-refractivity contribution in [2.75, 3.05) is 11.1 Å². The molecule has 0 saturated carbocycles. The van der Waals surface area contributed by atoms with Gasteiger partial charge in [-0.05, 0) is 49.4 Å². The van der Waals surface area contributed by atoms with Crippen LogP contribution in [0.25, 0.3) is 21.9 Å². The van der Waals surface area contributed by atoms with Gasteiger partial charge in [0.25, 0.3) is 5.56 Å². The van der Waals surface area contributed by atoms with Crippen LogP contribution in [0.2, 0.25) is 0 Å². The van der Waals surface area contributed by atoms with Crippen molar-refractivity contribution < 1.29 is 0 Å². The summed E-state index contributed by atoms with van der Waals surface area (Å²) in [6.07, 6.45) is 3.10. The highest BCUT2D eigenvalue weighted by molar-refractivity contribution is 5.96. The van der Waals surface area contributed by atoms with Gasteiger partial charge in [0.2, 0.25) is 11.5 Å². The predicted octanol–water partition coefficient (Wildman–Crippen LogP) is 3.37. The fourth-order valence-electron chi connectivity index (χ4n) is 4.12. The summed E-state index contributed by atoms with van der Waals surface area (Å²) in [5, 5.41) is 14.0. The fraction of sp³-hybridized carbons (Fsp3) is 0.240. The van der Waals surface area contributed by atoms with Crippen LogP contribution in [0.15, 0.2) is 58.4 Å². The third-order valence-electron chi connectivity index (χ3n) is 5.75. The number of anilines is 2. The normalized spacial score (nSPS) is 12.0. The molecule has 172 valence electrons. The highest BCUT2D eigenvalue weighted by Gasteiger charge is 2.20. The van der Waals surface area contributed by atoms with E-state index in [0.717, 1.165) is 22.2 Å². The third-order valence-corrected chi connectivity index (χ3v) is 5.75. The molecule has 1 atom stereocenters. The van der Waals surface area contributed by atoms with Crippen molar-refractivity contribution in [1.29, 1.82) is 5.26 Å². The topological polar surface area (TPSA) is 132 Å². The number of fused-ring (bicyclic) bond motifs is 1. The standard InChI is InChI=1S/C25H25N7O2/c1-14(2)32-20(15(3)29-23-18(11-26)12-28-25(27)30-23)10-16-6-5-7-19(22(16)24(32)34)17-8-9-21(33)31(4)13-17/h5-10,12-15H,1-4H3,(H3,27,28,29,30). The smallest absolute Gasteiger partial charge is 0.259 e. The molecule has 0 radical (unpaired) electrons.